The zero-order chi connectivity index (χ0) is 13.5. The van der Waals surface area contributed by atoms with Crippen LogP contribution in [0.3, 0.4) is 0 Å². The molecule has 0 nitrogen and oxygen atoms in total. The first kappa shape index (κ1) is 11.7. The van der Waals surface area contributed by atoms with Crippen LogP contribution in [0, 0.1) is 6.92 Å². The summed E-state index contributed by atoms with van der Waals surface area (Å²) in [5.41, 5.74) is 2.72. The Balaban J connectivity index is 2.08. The van der Waals surface area contributed by atoms with E-state index in [1.54, 1.807) is 0 Å². The second-order valence-electron chi connectivity index (χ2n) is 5.13. The van der Waals surface area contributed by atoms with E-state index < -0.39 is 0 Å². The SMILES string of the molecule is Cc1ccc2ccccc2c1-c1cc2ccccc2s1. The maximum atomic E-state index is 2.31. The molecule has 0 aliphatic heterocycles. The maximum absolute atomic E-state index is 2.31. The van der Waals surface area contributed by atoms with E-state index in [0.29, 0.717) is 0 Å². The van der Waals surface area contributed by atoms with Gasteiger partial charge in [0.05, 0.1) is 0 Å². The molecule has 0 unspecified atom stereocenters. The molecule has 0 aliphatic rings. The Bertz CT molecular complexity index is 882. The van der Waals surface area contributed by atoms with Crippen molar-refractivity contribution in [1.82, 2.24) is 0 Å². The highest BCUT2D eigenvalue weighted by Crippen LogP contribution is 2.38. The molecule has 4 aromatic rings. The topological polar surface area (TPSA) is 0 Å². The molecule has 96 valence electrons. The standard InChI is InChI=1S/C19H14S/c1-13-10-11-14-6-2-4-8-16(14)19(13)18-12-15-7-3-5-9-17(15)20-18/h2-12H,1H3. The van der Waals surface area contributed by atoms with Crippen molar-refractivity contribution in [2.75, 3.05) is 0 Å². The zero-order valence-electron chi connectivity index (χ0n) is 11.3. The number of hydrogen-bond acceptors (Lipinski definition) is 1. The summed E-state index contributed by atoms with van der Waals surface area (Å²) >= 11 is 1.88. The molecule has 0 bridgehead atoms. The molecule has 1 aromatic heterocycles. The van der Waals surface area contributed by atoms with Crippen LogP contribution in [0.4, 0.5) is 0 Å². The lowest BCUT2D eigenvalue weighted by Crippen LogP contribution is -1.83. The third-order valence-electron chi connectivity index (χ3n) is 3.81. The van der Waals surface area contributed by atoms with Crippen LogP contribution in [-0.4, -0.2) is 0 Å². The van der Waals surface area contributed by atoms with Gasteiger partial charge in [-0.1, -0.05) is 54.6 Å². The number of fused-ring (bicyclic) bond motifs is 2. The smallest absolute Gasteiger partial charge is 0.0364 e. The summed E-state index contributed by atoms with van der Waals surface area (Å²) in [7, 11) is 0. The van der Waals surface area contributed by atoms with E-state index >= 15 is 0 Å². The predicted octanol–water partition coefficient (Wildman–Crippen LogP) is 6.03. The van der Waals surface area contributed by atoms with Crippen molar-refractivity contribution < 1.29 is 0 Å². The molecule has 0 aliphatic carbocycles. The van der Waals surface area contributed by atoms with E-state index in [2.05, 4.69) is 73.7 Å². The zero-order valence-corrected chi connectivity index (χ0v) is 12.1. The fourth-order valence-electron chi connectivity index (χ4n) is 2.81. The number of aryl methyl sites for hydroxylation is 1. The van der Waals surface area contributed by atoms with Crippen LogP contribution in [0.15, 0.2) is 66.7 Å². The van der Waals surface area contributed by atoms with Crippen LogP contribution in [0.25, 0.3) is 31.3 Å². The Hall–Kier alpha value is -2.12. The van der Waals surface area contributed by atoms with Crippen molar-refractivity contribution in [2.24, 2.45) is 0 Å². The first-order chi connectivity index (χ1) is 9.83. The van der Waals surface area contributed by atoms with Crippen molar-refractivity contribution in [3.05, 3.63) is 72.3 Å². The van der Waals surface area contributed by atoms with Crippen molar-refractivity contribution in [2.45, 2.75) is 6.92 Å². The molecule has 0 amide bonds. The van der Waals surface area contributed by atoms with Gasteiger partial charge >= 0.3 is 0 Å². The predicted molar refractivity (Wildman–Crippen MR) is 89.5 cm³/mol. The molecule has 20 heavy (non-hydrogen) atoms. The lowest BCUT2D eigenvalue weighted by molar-refractivity contribution is 1.51. The van der Waals surface area contributed by atoms with Gasteiger partial charge in [-0.25, -0.2) is 0 Å². The first-order valence-corrected chi connectivity index (χ1v) is 7.62. The second-order valence-corrected chi connectivity index (χ2v) is 6.21. The van der Waals surface area contributed by atoms with Gasteiger partial charge in [0, 0.05) is 15.1 Å². The van der Waals surface area contributed by atoms with Gasteiger partial charge in [0.15, 0.2) is 0 Å². The minimum Gasteiger partial charge on any atom is -0.135 e. The third-order valence-corrected chi connectivity index (χ3v) is 4.94. The van der Waals surface area contributed by atoms with E-state index in [0.717, 1.165) is 0 Å². The minimum absolute atomic E-state index is 1.31. The summed E-state index contributed by atoms with van der Waals surface area (Å²) in [6, 6.07) is 24.0. The van der Waals surface area contributed by atoms with Crippen LogP contribution in [-0.2, 0) is 0 Å². The van der Waals surface area contributed by atoms with Crippen LogP contribution in [0.5, 0.6) is 0 Å². The van der Waals surface area contributed by atoms with Crippen LogP contribution < -0.4 is 0 Å². The summed E-state index contributed by atoms with van der Waals surface area (Å²) in [5.74, 6) is 0. The highest BCUT2D eigenvalue weighted by atomic mass is 32.1. The van der Waals surface area contributed by atoms with Crippen LogP contribution >= 0.6 is 11.3 Å². The maximum Gasteiger partial charge on any atom is 0.0364 e. The van der Waals surface area contributed by atoms with Gasteiger partial charge in [-0.15, -0.1) is 11.3 Å². The highest BCUT2D eigenvalue weighted by molar-refractivity contribution is 7.22. The average molecular weight is 274 g/mol. The molecule has 0 radical (unpaired) electrons. The summed E-state index contributed by atoms with van der Waals surface area (Å²) in [5, 5.41) is 3.99. The summed E-state index contributed by atoms with van der Waals surface area (Å²) in [6.45, 7) is 2.20. The van der Waals surface area contributed by atoms with Gasteiger partial charge in [-0.3, -0.25) is 0 Å². The van der Waals surface area contributed by atoms with Crippen molar-refractivity contribution in [3.63, 3.8) is 0 Å². The lowest BCUT2D eigenvalue weighted by Gasteiger charge is -2.08. The van der Waals surface area contributed by atoms with E-state index in [1.165, 1.54) is 36.9 Å². The fourth-order valence-corrected chi connectivity index (χ4v) is 4.00. The molecule has 0 saturated carbocycles. The largest absolute Gasteiger partial charge is 0.135 e. The second kappa shape index (κ2) is 4.46. The van der Waals surface area contributed by atoms with Gasteiger partial charge in [-0.05, 0) is 40.8 Å². The average Bonchev–Trinajstić information content (AvgIpc) is 2.90. The summed E-state index contributed by atoms with van der Waals surface area (Å²) in [4.78, 5) is 1.36. The highest BCUT2D eigenvalue weighted by Gasteiger charge is 2.10. The Morgan fingerprint density at radius 1 is 0.750 bits per heavy atom. The Morgan fingerprint density at radius 3 is 2.35 bits per heavy atom. The Labute approximate surface area is 122 Å². The van der Waals surface area contributed by atoms with Gasteiger partial charge in [0.2, 0.25) is 0 Å². The normalized spacial score (nSPS) is 11.2. The first-order valence-electron chi connectivity index (χ1n) is 6.80. The molecule has 0 saturated heterocycles. The number of rotatable bonds is 1. The van der Waals surface area contributed by atoms with E-state index in [9.17, 15) is 0 Å². The summed E-state index contributed by atoms with van der Waals surface area (Å²) in [6.07, 6.45) is 0. The Kier molecular flexibility index (Phi) is 2.61. The van der Waals surface area contributed by atoms with Gasteiger partial charge in [0.25, 0.3) is 0 Å². The molecular weight excluding hydrogens is 260 g/mol. The van der Waals surface area contributed by atoms with Crippen molar-refractivity contribution >= 4 is 32.2 Å². The van der Waals surface area contributed by atoms with Crippen LogP contribution in [0.1, 0.15) is 5.56 Å². The molecule has 1 heterocycles. The summed E-state index contributed by atoms with van der Waals surface area (Å²) < 4.78 is 1.36. The van der Waals surface area contributed by atoms with E-state index in [-0.39, 0.29) is 0 Å². The monoisotopic (exact) mass is 274 g/mol. The molecule has 4 rings (SSSR count). The molecule has 0 atom stereocenters. The molecule has 1 heteroatoms. The lowest BCUT2D eigenvalue weighted by atomic mass is 9.98. The number of hydrogen-bond donors (Lipinski definition) is 0. The van der Waals surface area contributed by atoms with Crippen molar-refractivity contribution in [3.8, 4) is 10.4 Å². The van der Waals surface area contributed by atoms with Crippen LogP contribution in [0.2, 0.25) is 0 Å². The Morgan fingerprint density at radius 2 is 1.50 bits per heavy atom. The van der Waals surface area contributed by atoms with Gasteiger partial charge in [0.1, 0.15) is 0 Å². The van der Waals surface area contributed by atoms with E-state index in [1.807, 2.05) is 11.3 Å². The number of benzene rings is 3. The van der Waals surface area contributed by atoms with Crippen molar-refractivity contribution in [1.29, 1.82) is 0 Å². The molecule has 0 spiro atoms. The third kappa shape index (κ3) is 1.75. The molecular formula is C19H14S. The van der Waals surface area contributed by atoms with E-state index in [4.69, 9.17) is 0 Å². The molecule has 0 N–H and O–H groups in total. The van der Waals surface area contributed by atoms with Gasteiger partial charge < -0.3 is 0 Å². The number of thiophene rings is 1. The fraction of sp³-hybridized carbons (Fsp3) is 0.0526. The van der Waals surface area contributed by atoms with Gasteiger partial charge in [-0.2, -0.15) is 0 Å². The molecule has 3 aromatic carbocycles. The minimum atomic E-state index is 1.31. The quantitative estimate of drug-likeness (QED) is 0.397. The molecule has 0 fully saturated rings.